The third-order valence-electron chi connectivity index (χ3n) is 4.41. The summed E-state index contributed by atoms with van der Waals surface area (Å²) in [6, 6.07) is 0.576. The average Bonchev–Trinajstić information content (AvgIpc) is 2.80. The maximum Gasteiger partial charge on any atom is 0.163 e. The van der Waals surface area contributed by atoms with Crippen LogP contribution in [-0.4, -0.2) is 32.8 Å². The summed E-state index contributed by atoms with van der Waals surface area (Å²) in [6.45, 7) is 2.35. The van der Waals surface area contributed by atoms with E-state index in [9.17, 15) is 0 Å². The second-order valence-electron chi connectivity index (χ2n) is 5.64. The molecule has 102 valence electrons. The quantitative estimate of drug-likeness (QED) is 0.830. The summed E-state index contributed by atoms with van der Waals surface area (Å²) in [6.07, 6.45) is 8.76. The van der Waals surface area contributed by atoms with E-state index in [1.807, 2.05) is 13.2 Å². The summed E-state index contributed by atoms with van der Waals surface area (Å²) in [4.78, 5) is 11.1. The van der Waals surface area contributed by atoms with Crippen LogP contribution in [0.1, 0.15) is 32.6 Å². The van der Waals surface area contributed by atoms with Crippen molar-refractivity contribution in [3.8, 4) is 0 Å². The smallest absolute Gasteiger partial charge is 0.163 e. The van der Waals surface area contributed by atoms with E-state index in [-0.39, 0.29) is 0 Å². The van der Waals surface area contributed by atoms with E-state index in [4.69, 9.17) is 0 Å². The largest absolute Gasteiger partial charge is 0.356 e. The highest BCUT2D eigenvalue weighted by atomic mass is 15.3. The summed E-state index contributed by atoms with van der Waals surface area (Å²) in [5, 5.41) is 5.34. The molecule has 19 heavy (non-hydrogen) atoms. The zero-order valence-corrected chi connectivity index (χ0v) is 11.9. The van der Waals surface area contributed by atoms with Gasteiger partial charge >= 0.3 is 0 Å². The molecule has 0 N–H and O–H groups in total. The Bertz CT molecular complexity index is 576. The molecule has 0 amide bonds. The molecule has 1 aliphatic rings. The molecule has 2 heterocycles. The molecule has 2 unspecified atom stereocenters. The molecule has 0 radical (unpaired) electrons. The van der Waals surface area contributed by atoms with Gasteiger partial charge in [0.2, 0.25) is 0 Å². The van der Waals surface area contributed by atoms with Crippen molar-refractivity contribution in [2.24, 2.45) is 13.0 Å². The molecule has 5 nitrogen and oxygen atoms in total. The molecule has 5 heteroatoms. The Morgan fingerprint density at radius 1 is 1.26 bits per heavy atom. The van der Waals surface area contributed by atoms with Gasteiger partial charge in [-0.2, -0.15) is 5.10 Å². The standard InChI is InChI=1S/C14H21N5/c1-10-6-4-5-7-12(10)18(2)13-11-8-17-19(3)14(11)16-9-15-13/h8-10,12H,4-7H2,1-3H3. The maximum atomic E-state index is 4.49. The average molecular weight is 259 g/mol. The van der Waals surface area contributed by atoms with Gasteiger partial charge in [0.15, 0.2) is 5.65 Å². The molecule has 0 aromatic carbocycles. The minimum absolute atomic E-state index is 0.576. The second-order valence-corrected chi connectivity index (χ2v) is 5.64. The van der Waals surface area contributed by atoms with E-state index in [0.717, 1.165) is 22.8 Å². The lowest BCUT2D eigenvalue weighted by Gasteiger charge is -2.37. The molecule has 2 aromatic heterocycles. The third kappa shape index (κ3) is 2.07. The summed E-state index contributed by atoms with van der Waals surface area (Å²) >= 11 is 0. The van der Waals surface area contributed by atoms with Crippen LogP contribution in [0.15, 0.2) is 12.5 Å². The number of anilines is 1. The molecule has 0 spiro atoms. The van der Waals surface area contributed by atoms with E-state index in [0.29, 0.717) is 6.04 Å². The van der Waals surface area contributed by atoms with Gasteiger partial charge < -0.3 is 4.90 Å². The van der Waals surface area contributed by atoms with Crippen molar-refractivity contribution in [2.45, 2.75) is 38.6 Å². The predicted octanol–water partition coefficient (Wildman–Crippen LogP) is 2.38. The highest BCUT2D eigenvalue weighted by Gasteiger charge is 2.27. The fraction of sp³-hybridized carbons (Fsp3) is 0.643. The van der Waals surface area contributed by atoms with E-state index in [1.165, 1.54) is 25.7 Å². The number of rotatable bonds is 2. The zero-order chi connectivity index (χ0) is 13.4. The molecular formula is C14H21N5. The number of aromatic nitrogens is 4. The summed E-state index contributed by atoms with van der Waals surface area (Å²) in [7, 11) is 4.07. The van der Waals surface area contributed by atoms with Crippen molar-refractivity contribution in [3.63, 3.8) is 0 Å². The van der Waals surface area contributed by atoms with Crippen molar-refractivity contribution in [1.82, 2.24) is 19.7 Å². The molecule has 1 aliphatic carbocycles. The van der Waals surface area contributed by atoms with Gasteiger partial charge in [0.05, 0.1) is 11.6 Å². The number of aryl methyl sites for hydroxylation is 1. The Morgan fingerprint density at radius 2 is 2.05 bits per heavy atom. The van der Waals surface area contributed by atoms with Crippen molar-refractivity contribution in [2.75, 3.05) is 11.9 Å². The van der Waals surface area contributed by atoms with Crippen molar-refractivity contribution < 1.29 is 0 Å². The van der Waals surface area contributed by atoms with Crippen molar-refractivity contribution >= 4 is 16.9 Å². The van der Waals surface area contributed by atoms with E-state index in [1.54, 1.807) is 11.0 Å². The number of nitrogens with zero attached hydrogens (tertiary/aromatic N) is 5. The van der Waals surface area contributed by atoms with Gasteiger partial charge in [-0.1, -0.05) is 19.8 Å². The Kier molecular flexibility index (Phi) is 3.12. The zero-order valence-electron chi connectivity index (χ0n) is 11.9. The first-order valence-corrected chi connectivity index (χ1v) is 7.04. The molecule has 2 atom stereocenters. The topological polar surface area (TPSA) is 46.8 Å². The Labute approximate surface area is 113 Å². The fourth-order valence-electron chi connectivity index (χ4n) is 3.26. The lowest BCUT2D eigenvalue weighted by atomic mass is 9.85. The molecule has 1 fully saturated rings. The predicted molar refractivity (Wildman–Crippen MR) is 76.1 cm³/mol. The minimum Gasteiger partial charge on any atom is -0.356 e. The minimum atomic E-state index is 0.576. The van der Waals surface area contributed by atoms with Gasteiger partial charge in [-0.3, -0.25) is 4.68 Å². The van der Waals surface area contributed by atoms with Crippen LogP contribution in [0.3, 0.4) is 0 Å². The first-order chi connectivity index (χ1) is 9.18. The first kappa shape index (κ1) is 12.4. The molecule has 2 aromatic rings. The highest BCUT2D eigenvalue weighted by molar-refractivity contribution is 5.86. The van der Waals surface area contributed by atoms with E-state index >= 15 is 0 Å². The second kappa shape index (κ2) is 4.79. The lowest BCUT2D eigenvalue weighted by Crippen LogP contribution is -2.39. The van der Waals surface area contributed by atoms with E-state index < -0.39 is 0 Å². The molecule has 1 saturated carbocycles. The first-order valence-electron chi connectivity index (χ1n) is 7.04. The van der Waals surface area contributed by atoms with Gasteiger partial charge in [0.25, 0.3) is 0 Å². The van der Waals surface area contributed by atoms with Crippen LogP contribution in [0, 0.1) is 5.92 Å². The number of hydrogen-bond acceptors (Lipinski definition) is 4. The van der Waals surface area contributed by atoms with Crippen LogP contribution in [-0.2, 0) is 7.05 Å². The maximum absolute atomic E-state index is 4.49. The summed E-state index contributed by atoms with van der Waals surface area (Å²) in [5.41, 5.74) is 0.903. The van der Waals surface area contributed by atoms with Gasteiger partial charge in [0, 0.05) is 20.1 Å². The fourth-order valence-corrected chi connectivity index (χ4v) is 3.26. The highest BCUT2D eigenvalue weighted by Crippen LogP contribution is 2.31. The van der Waals surface area contributed by atoms with Crippen LogP contribution >= 0.6 is 0 Å². The van der Waals surface area contributed by atoms with Crippen LogP contribution in [0.25, 0.3) is 11.0 Å². The SMILES string of the molecule is CC1CCCCC1N(C)c1ncnc2c1cnn2C. The molecule has 0 aliphatic heterocycles. The van der Waals surface area contributed by atoms with Crippen LogP contribution in [0.4, 0.5) is 5.82 Å². The monoisotopic (exact) mass is 259 g/mol. The van der Waals surface area contributed by atoms with Gasteiger partial charge in [-0.05, 0) is 18.8 Å². The van der Waals surface area contributed by atoms with Crippen LogP contribution < -0.4 is 4.90 Å². The lowest BCUT2D eigenvalue weighted by molar-refractivity contribution is 0.321. The normalized spacial score (nSPS) is 23.7. The van der Waals surface area contributed by atoms with Gasteiger partial charge in [-0.15, -0.1) is 0 Å². The van der Waals surface area contributed by atoms with Crippen LogP contribution in [0.2, 0.25) is 0 Å². The Balaban J connectivity index is 1.99. The van der Waals surface area contributed by atoms with Gasteiger partial charge in [-0.25, -0.2) is 9.97 Å². The molecule has 3 rings (SSSR count). The van der Waals surface area contributed by atoms with Gasteiger partial charge in [0.1, 0.15) is 12.1 Å². The van der Waals surface area contributed by atoms with Crippen molar-refractivity contribution in [3.05, 3.63) is 12.5 Å². The molecule has 0 bridgehead atoms. The summed E-state index contributed by atoms with van der Waals surface area (Å²) in [5.74, 6) is 1.73. The summed E-state index contributed by atoms with van der Waals surface area (Å²) < 4.78 is 1.80. The molecule has 0 saturated heterocycles. The molecular weight excluding hydrogens is 238 g/mol. The van der Waals surface area contributed by atoms with Crippen LogP contribution in [0.5, 0.6) is 0 Å². The third-order valence-corrected chi connectivity index (χ3v) is 4.41. The van der Waals surface area contributed by atoms with Crippen molar-refractivity contribution in [1.29, 1.82) is 0 Å². The Hall–Kier alpha value is -1.65. The number of hydrogen-bond donors (Lipinski definition) is 0. The number of fused-ring (bicyclic) bond motifs is 1. The Morgan fingerprint density at radius 3 is 2.84 bits per heavy atom. The van der Waals surface area contributed by atoms with E-state index in [2.05, 4.69) is 33.9 Å².